The summed E-state index contributed by atoms with van der Waals surface area (Å²) in [5, 5.41) is 4.71. The minimum absolute atomic E-state index is 0.495. The van der Waals surface area contributed by atoms with E-state index < -0.39 is 0 Å². The molecule has 1 aromatic carbocycles. The predicted octanol–water partition coefficient (Wildman–Crippen LogP) is 5.75. The van der Waals surface area contributed by atoms with Gasteiger partial charge in [0.1, 0.15) is 11.0 Å². The monoisotopic (exact) mass is 421 g/mol. The van der Waals surface area contributed by atoms with Crippen LogP contribution in [0.5, 0.6) is 0 Å². The molecule has 1 fully saturated rings. The summed E-state index contributed by atoms with van der Waals surface area (Å²) in [5.74, 6) is 0.835. The average Bonchev–Trinajstić information content (AvgIpc) is 3.37. The normalized spacial score (nSPS) is 14.5. The van der Waals surface area contributed by atoms with Gasteiger partial charge < -0.3 is 5.32 Å². The summed E-state index contributed by atoms with van der Waals surface area (Å²) in [4.78, 5) is 15.7. The van der Waals surface area contributed by atoms with Crippen LogP contribution in [0.2, 0.25) is 5.15 Å². The summed E-state index contributed by atoms with van der Waals surface area (Å²) in [7, 11) is 0. The highest BCUT2D eigenvalue weighted by molar-refractivity contribution is 7.22. The van der Waals surface area contributed by atoms with Gasteiger partial charge in [0.25, 0.3) is 0 Å². The molecule has 0 amide bonds. The maximum absolute atomic E-state index is 6.03. The molecule has 0 spiro atoms. The van der Waals surface area contributed by atoms with Crippen LogP contribution in [0.4, 0.5) is 10.9 Å². The van der Waals surface area contributed by atoms with Crippen molar-refractivity contribution < 1.29 is 0 Å². The summed E-state index contributed by atoms with van der Waals surface area (Å²) in [6.45, 7) is 3.36. The first-order chi connectivity index (χ1) is 14.2. The molecule has 5 nitrogen and oxygen atoms in total. The van der Waals surface area contributed by atoms with E-state index in [0.717, 1.165) is 38.8 Å². The average molecular weight is 422 g/mol. The van der Waals surface area contributed by atoms with E-state index in [1.54, 1.807) is 17.5 Å². The Kier molecular flexibility index (Phi) is 5.14. The fourth-order valence-electron chi connectivity index (χ4n) is 3.69. The molecule has 7 heteroatoms. The molecule has 3 aromatic heterocycles. The summed E-state index contributed by atoms with van der Waals surface area (Å²) in [6.07, 6.45) is 6.19. The molecule has 0 bridgehead atoms. The van der Waals surface area contributed by atoms with Gasteiger partial charge >= 0.3 is 0 Å². The molecular weight excluding hydrogens is 402 g/mol. The van der Waals surface area contributed by atoms with Crippen molar-refractivity contribution in [3.8, 4) is 11.1 Å². The minimum atomic E-state index is 0.495. The molecule has 1 aliphatic rings. The second-order valence-corrected chi connectivity index (χ2v) is 8.64. The Morgan fingerprint density at radius 3 is 2.66 bits per heavy atom. The third kappa shape index (κ3) is 4.24. The van der Waals surface area contributed by atoms with Gasteiger partial charge in [-0.15, -0.1) is 0 Å². The number of fused-ring (bicyclic) bond motifs is 1. The zero-order valence-electron chi connectivity index (χ0n) is 15.8. The van der Waals surface area contributed by atoms with Crippen LogP contribution in [-0.4, -0.2) is 32.9 Å². The Hall–Kier alpha value is -2.54. The molecule has 146 valence electrons. The van der Waals surface area contributed by atoms with Gasteiger partial charge in [-0.2, -0.15) is 0 Å². The summed E-state index contributed by atoms with van der Waals surface area (Å²) < 4.78 is 1.12. The molecule has 4 aromatic rings. The number of hydrogen-bond donors (Lipinski definition) is 1. The number of benzene rings is 1. The molecule has 0 saturated carbocycles. The van der Waals surface area contributed by atoms with Crippen molar-refractivity contribution in [2.75, 3.05) is 18.4 Å². The van der Waals surface area contributed by atoms with E-state index in [1.165, 1.54) is 31.5 Å². The summed E-state index contributed by atoms with van der Waals surface area (Å²) >= 11 is 7.66. The van der Waals surface area contributed by atoms with E-state index >= 15 is 0 Å². The second kappa shape index (κ2) is 8.06. The highest BCUT2D eigenvalue weighted by Gasteiger charge is 2.12. The van der Waals surface area contributed by atoms with Crippen LogP contribution in [-0.2, 0) is 6.54 Å². The van der Waals surface area contributed by atoms with Crippen LogP contribution in [0.1, 0.15) is 18.4 Å². The van der Waals surface area contributed by atoms with Crippen LogP contribution in [0.25, 0.3) is 21.3 Å². The van der Waals surface area contributed by atoms with Crippen molar-refractivity contribution in [3.05, 3.63) is 65.6 Å². The lowest BCUT2D eigenvalue weighted by Crippen LogP contribution is -2.18. The Morgan fingerprint density at radius 1 is 0.966 bits per heavy atom. The molecule has 1 aliphatic heterocycles. The number of likely N-dealkylation sites (tertiary alicyclic amines) is 1. The van der Waals surface area contributed by atoms with Crippen LogP contribution in [0.3, 0.4) is 0 Å². The standard InChI is InChI=1S/C22H20ClN5S/c23-20-13-17(6-8-24-20)16-3-4-18-19(12-16)29-22(26-18)27-21-11-15(5-7-25-21)14-28-9-1-2-10-28/h3-8,11-13H,1-2,9-10,14H2,(H,25,26,27). The largest absolute Gasteiger partial charge is 0.316 e. The smallest absolute Gasteiger partial charge is 0.189 e. The number of halogens is 1. The third-order valence-corrected chi connectivity index (χ3v) is 6.25. The van der Waals surface area contributed by atoms with Crippen molar-refractivity contribution >= 4 is 44.1 Å². The lowest BCUT2D eigenvalue weighted by Gasteiger charge is -2.14. The fourth-order valence-corrected chi connectivity index (χ4v) is 4.78. The molecule has 4 heterocycles. The minimum Gasteiger partial charge on any atom is -0.316 e. The van der Waals surface area contributed by atoms with Gasteiger partial charge in [0.2, 0.25) is 0 Å². The lowest BCUT2D eigenvalue weighted by molar-refractivity contribution is 0.331. The zero-order chi connectivity index (χ0) is 19.6. The molecule has 1 N–H and O–H groups in total. The van der Waals surface area contributed by atoms with Gasteiger partial charge in [-0.25, -0.2) is 15.0 Å². The topological polar surface area (TPSA) is 53.9 Å². The number of rotatable bonds is 5. The molecular formula is C22H20ClN5S. The molecule has 0 aliphatic carbocycles. The Balaban J connectivity index is 1.37. The molecule has 0 radical (unpaired) electrons. The SMILES string of the molecule is Clc1cc(-c2ccc3nc(Nc4cc(CN5CCCC5)ccn4)sc3c2)ccn1. The number of hydrogen-bond acceptors (Lipinski definition) is 6. The quantitative estimate of drug-likeness (QED) is 0.416. The van der Waals surface area contributed by atoms with Gasteiger partial charge in [0, 0.05) is 18.9 Å². The Bertz CT molecular complexity index is 1150. The highest BCUT2D eigenvalue weighted by Crippen LogP contribution is 2.32. The fraction of sp³-hybridized carbons (Fsp3) is 0.227. The van der Waals surface area contributed by atoms with Gasteiger partial charge in [-0.05, 0) is 79.0 Å². The predicted molar refractivity (Wildman–Crippen MR) is 120 cm³/mol. The number of anilines is 2. The number of nitrogens with zero attached hydrogens (tertiary/aromatic N) is 4. The van der Waals surface area contributed by atoms with Gasteiger partial charge in [-0.1, -0.05) is 29.0 Å². The molecule has 1 saturated heterocycles. The van der Waals surface area contributed by atoms with E-state index in [1.807, 2.05) is 24.4 Å². The van der Waals surface area contributed by atoms with Gasteiger partial charge in [0.05, 0.1) is 10.2 Å². The van der Waals surface area contributed by atoms with Gasteiger partial charge in [0.15, 0.2) is 5.13 Å². The molecule has 29 heavy (non-hydrogen) atoms. The first-order valence-corrected chi connectivity index (χ1v) is 10.9. The zero-order valence-corrected chi connectivity index (χ0v) is 17.4. The van der Waals surface area contributed by atoms with Crippen molar-refractivity contribution in [3.63, 3.8) is 0 Å². The van der Waals surface area contributed by atoms with Crippen molar-refractivity contribution in [1.29, 1.82) is 0 Å². The summed E-state index contributed by atoms with van der Waals surface area (Å²) in [6, 6.07) is 14.3. The number of nitrogens with one attached hydrogen (secondary N) is 1. The lowest BCUT2D eigenvalue weighted by atomic mass is 10.1. The third-order valence-electron chi connectivity index (χ3n) is 5.11. The maximum Gasteiger partial charge on any atom is 0.189 e. The van der Waals surface area contributed by atoms with E-state index in [2.05, 4.69) is 44.5 Å². The molecule has 5 rings (SSSR count). The highest BCUT2D eigenvalue weighted by atomic mass is 35.5. The molecule has 0 unspecified atom stereocenters. The summed E-state index contributed by atoms with van der Waals surface area (Å²) in [5.41, 5.74) is 4.39. The number of pyridine rings is 2. The first kappa shape index (κ1) is 18.5. The maximum atomic E-state index is 6.03. The van der Waals surface area contributed by atoms with Crippen molar-refractivity contribution in [2.24, 2.45) is 0 Å². The van der Waals surface area contributed by atoms with E-state index in [-0.39, 0.29) is 0 Å². The van der Waals surface area contributed by atoms with Crippen LogP contribution in [0, 0.1) is 0 Å². The number of aromatic nitrogens is 3. The Labute approximate surface area is 178 Å². The second-order valence-electron chi connectivity index (χ2n) is 7.23. The van der Waals surface area contributed by atoms with E-state index in [9.17, 15) is 0 Å². The van der Waals surface area contributed by atoms with Crippen LogP contribution < -0.4 is 5.32 Å². The number of thiazole rings is 1. The van der Waals surface area contributed by atoms with Gasteiger partial charge in [-0.3, -0.25) is 4.90 Å². The van der Waals surface area contributed by atoms with Crippen LogP contribution in [0.15, 0.2) is 54.9 Å². The van der Waals surface area contributed by atoms with Crippen LogP contribution >= 0.6 is 22.9 Å². The Morgan fingerprint density at radius 2 is 1.79 bits per heavy atom. The van der Waals surface area contributed by atoms with E-state index in [0.29, 0.717) is 5.15 Å². The van der Waals surface area contributed by atoms with E-state index in [4.69, 9.17) is 16.6 Å². The van der Waals surface area contributed by atoms with Crippen molar-refractivity contribution in [1.82, 2.24) is 19.9 Å². The first-order valence-electron chi connectivity index (χ1n) is 9.70. The van der Waals surface area contributed by atoms with Crippen molar-refractivity contribution in [2.45, 2.75) is 19.4 Å². The molecule has 0 atom stereocenters.